The number of ether oxygens (including phenoxy) is 1. The summed E-state index contributed by atoms with van der Waals surface area (Å²) in [6.45, 7) is 0.868. The maximum absolute atomic E-state index is 6.14. The first-order chi connectivity index (χ1) is 7.85. The molecule has 0 spiro atoms. The monoisotopic (exact) mass is 330 g/mol. The molecule has 0 bridgehead atoms. The summed E-state index contributed by atoms with van der Waals surface area (Å²) in [5.41, 5.74) is 1.58. The van der Waals surface area contributed by atoms with Gasteiger partial charge in [0.05, 0.1) is 12.2 Å². The van der Waals surface area contributed by atoms with Crippen molar-refractivity contribution in [1.29, 1.82) is 0 Å². The van der Waals surface area contributed by atoms with E-state index >= 15 is 0 Å². The van der Waals surface area contributed by atoms with Gasteiger partial charge in [-0.3, -0.25) is 0 Å². The highest BCUT2D eigenvalue weighted by Crippen LogP contribution is 2.34. The van der Waals surface area contributed by atoms with Crippen LogP contribution in [0.1, 0.15) is 31.2 Å². The molecule has 2 heteroatoms. The molecule has 0 atom stereocenters. The molecule has 0 N–H and O–H groups in total. The third-order valence-corrected chi connectivity index (χ3v) is 4.79. The van der Waals surface area contributed by atoms with E-state index in [0.717, 1.165) is 17.5 Å². The highest BCUT2D eigenvalue weighted by atomic mass is 127. The number of halogens is 1. The van der Waals surface area contributed by atoms with E-state index in [1.807, 2.05) is 0 Å². The predicted octanol–water partition coefficient (Wildman–Crippen LogP) is 3.99. The molecule has 1 aliphatic rings. The van der Waals surface area contributed by atoms with Crippen molar-refractivity contribution in [2.24, 2.45) is 0 Å². The SMILES string of the molecule is ICC1(OCCc2ccccc2)CCCC1. The maximum Gasteiger partial charge on any atom is 0.0771 e. The van der Waals surface area contributed by atoms with Gasteiger partial charge in [-0.2, -0.15) is 0 Å². The summed E-state index contributed by atoms with van der Waals surface area (Å²) in [4.78, 5) is 0. The van der Waals surface area contributed by atoms with Crippen molar-refractivity contribution >= 4 is 22.6 Å². The Hall–Kier alpha value is -0.0900. The van der Waals surface area contributed by atoms with Crippen molar-refractivity contribution in [2.75, 3.05) is 11.0 Å². The van der Waals surface area contributed by atoms with Gasteiger partial charge in [0, 0.05) is 4.43 Å². The minimum Gasteiger partial charge on any atom is -0.374 e. The molecule has 1 fully saturated rings. The molecule has 0 aliphatic heterocycles. The van der Waals surface area contributed by atoms with E-state index in [-0.39, 0.29) is 5.60 Å². The van der Waals surface area contributed by atoms with Crippen LogP contribution < -0.4 is 0 Å². The molecular formula is C14H19IO. The van der Waals surface area contributed by atoms with Gasteiger partial charge in [-0.15, -0.1) is 0 Å². The molecular weight excluding hydrogens is 311 g/mol. The fourth-order valence-electron chi connectivity index (χ4n) is 2.37. The van der Waals surface area contributed by atoms with Gasteiger partial charge in [-0.25, -0.2) is 0 Å². The quantitative estimate of drug-likeness (QED) is 0.586. The van der Waals surface area contributed by atoms with Gasteiger partial charge in [-0.05, 0) is 24.8 Å². The molecule has 16 heavy (non-hydrogen) atoms. The number of hydrogen-bond donors (Lipinski definition) is 0. The highest BCUT2D eigenvalue weighted by Gasteiger charge is 2.33. The fourth-order valence-corrected chi connectivity index (χ4v) is 3.35. The first-order valence-electron chi connectivity index (χ1n) is 6.08. The smallest absolute Gasteiger partial charge is 0.0771 e. The Balaban J connectivity index is 1.79. The van der Waals surface area contributed by atoms with E-state index in [0.29, 0.717) is 0 Å². The Kier molecular flexibility index (Phi) is 4.65. The molecule has 0 radical (unpaired) electrons. The van der Waals surface area contributed by atoms with Crippen LogP contribution in [0.15, 0.2) is 30.3 Å². The van der Waals surface area contributed by atoms with Crippen molar-refractivity contribution < 1.29 is 4.74 Å². The van der Waals surface area contributed by atoms with E-state index < -0.39 is 0 Å². The van der Waals surface area contributed by atoms with Crippen molar-refractivity contribution in [3.05, 3.63) is 35.9 Å². The lowest BCUT2D eigenvalue weighted by Gasteiger charge is -2.27. The summed E-state index contributed by atoms with van der Waals surface area (Å²) in [5.74, 6) is 0. The third-order valence-electron chi connectivity index (χ3n) is 3.40. The minimum absolute atomic E-state index is 0.204. The van der Waals surface area contributed by atoms with Crippen molar-refractivity contribution in [3.63, 3.8) is 0 Å². The minimum atomic E-state index is 0.204. The van der Waals surface area contributed by atoms with Gasteiger partial charge in [0.25, 0.3) is 0 Å². The van der Waals surface area contributed by atoms with E-state index in [1.54, 1.807) is 0 Å². The average Bonchev–Trinajstić information content (AvgIpc) is 2.80. The van der Waals surface area contributed by atoms with Crippen LogP contribution in [0.5, 0.6) is 0 Å². The largest absolute Gasteiger partial charge is 0.374 e. The lowest BCUT2D eigenvalue weighted by molar-refractivity contribution is -0.0184. The molecule has 0 aromatic heterocycles. The Morgan fingerprint density at radius 3 is 2.44 bits per heavy atom. The Labute approximate surface area is 112 Å². The Morgan fingerprint density at radius 2 is 1.81 bits per heavy atom. The van der Waals surface area contributed by atoms with Crippen LogP contribution in [0.2, 0.25) is 0 Å². The van der Waals surface area contributed by atoms with Crippen LogP contribution in [-0.2, 0) is 11.2 Å². The second kappa shape index (κ2) is 6.01. The van der Waals surface area contributed by atoms with E-state index in [4.69, 9.17) is 4.74 Å². The van der Waals surface area contributed by atoms with Crippen molar-refractivity contribution in [1.82, 2.24) is 0 Å². The van der Waals surface area contributed by atoms with Gasteiger partial charge in [0.2, 0.25) is 0 Å². The molecule has 1 aromatic rings. The van der Waals surface area contributed by atoms with Gasteiger partial charge in [-0.1, -0.05) is 65.8 Å². The second-order valence-corrected chi connectivity index (χ2v) is 5.37. The molecule has 1 aliphatic carbocycles. The number of hydrogen-bond acceptors (Lipinski definition) is 1. The van der Waals surface area contributed by atoms with Crippen molar-refractivity contribution in [2.45, 2.75) is 37.7 Å². The molecule has 1 saturated carbocycles. The third kappa shape index (κ3) is 3.20. The van der Waals surface area contributed by atoms with Crippen LogP contribution in [0.3, 0.4) is 0 Å². The van der Waals surface area contributed by atoms with Crippen LogP contribution in [0.25, 0.3) is 0 Å². The van der Waals surface area contributed by atoms with E-state index in [2.05, 4.69) is 52.9 Å². The molecule has 0 heterocycles. The topological polar surface area (TPSA) is 9.23 Å². The molecule has 0 saturated heterocycles. The normalized spacial score (nSPS) is 18.8. The summed E-state index contributed by atoms with van der Waals surface area (Å²) in [6.07, 6.45) is 6.23. The Morgan fingerprint density at radius 1 is 1.12 bits per heavy atom. The van der Waals surface area contributed by atoms with E-state index in [9.17, 15) is 0 Å². The van der Waals surface area contributed by atoms with Crippen LogP contribution in [0.4, 0.5) is 0 Å². The standard InChI is InChI=1S/C14H19IO/c15-12-14(9-4-5-10-14)16-11-8-13-6-2-1-3-7-13/h1-3,6-7H,4-5,8-12H2. The Bertz CT molecular complexity index is 304. The first kappa shape index (κ1) is 12.4. The second-order valence-electron chi connectivity index (χ2n) is 4.61. The van der Waals surface area contributed by atoms with Crippen LogP contribution >= 0.6 is 22.6 Å². The van der Waals surface area contributed by atoms with Gasteiger partial charge < -0.3 is 4.74 Å². The zero-order chi connectivity index (χ0) is 11.3. The van der Waals surface area contributed by atoms with Crippen molar-refractivity contribution in [3.8, 4) is 0 Å². The van der Waals surface area contributed by atoms with Crippen LogP contribution in [0, 0.1) is 0 Å². The van der Waals surface area contributed by atoms with E-state index in [1.165, 1.54) is 31.2 Å². The zero-order valence-corrected chi connectivity index (χ0v) is 11.8. The van der Waals surface area contributed by atoms with Crippen LogP contribution in [-0.4, -0.2) is 16.6 Å². The summed E-state index contributed by atoms with van der Waals surface area (Å²) >= 11 is 2.47. The predicted molar refractivity (Wildman–Crippen MR) is 76.2 cm³/mol. The maximum atomic E-state index is 6.14. The van der Waals surface area contributed by atoms with Gasteiger partial charge >= 0.3 is 0 Å². The van der Waals surface area contributed by atoms with Gasteiger partial charge in [0.1, 0.15) is 0 Å². The lowest BCUT2D eigenvalue weighted by atomic mass is 10.1. The lowest BCUT2D eigenvalue weighted by Crippen LogP contribution is -2.31. The molecule has 1 aromatic carbocycles. The zero-order valence-electron chi connectivity index (χ0n) is 9.62. The number of rotatable bonds is 5. The van der Waals surface area contributed by atoms with Gasteiger partial charge in [0.15, 0.2) is 0 Å². The molecule has 0 amide bonds. The molecule has 1 nitrogen and oxygen atoms in total. The summed E-state index contributed by atoms with van der Waals surface area (Å²) in [7, 11) is 0. The molecule has 88 valence electrons. The molecule has 0 unspecified atom stereocenters. The fraction of sp³-hybridized carbons (Fsp3) is 0.571. The summed E-state index contributed by atoms with van der Waals surface area (Å²) in [5, 5.41) is 0. The average molecular weight is 330 g/mol. The number of alkyl halides is 1. The highest BCUT2D eigenvalue weighted by molar-refractivity contribution is 14.1. The summed E-state index contributed by atoms with van der Waals surface area (Å²) in [6, 6.07) is 10.6. The molecule has 2 rings (SSSR count). The summed E-state index contributed by atoms with van der Waals surface area (Å²) < 4.78 is 7.27. The first-order valence-corrected chi connectivity index (χ1v) is 7.61. The number of benzene rings is 1.